The van der Waals surface area contributed by atoms with Gasteiger partial charge in [0.25, 0.3) is 0 Å². The molecular weight excluding hydrogens is 414 g/mol. The highest BCUT2D eigenvalue weighted by atomic mass is 16.5. The molecule has 2 heterocycles. The molecular formula is C26H23N5O2. The second-order valence-electron chi connectivity index (χ2n) is 7.77. The van der Waals surface area contributed by atoms with E-state index >= 15 is 0 Å². The van der Waals surface area contributed by atoms with Gasteiger partial charge in [0.1, 0.15) is 17.2 Å². The van der Waals surface area contributed by atoms with Crippen LogP contribution in [0.15, 0.2) is 72.8 Å². The molecule has 7 heteroatoms. The number of methoxy groups -OCH3 is 1. The fourth-order valence-electron chi connectivity index (χ4n) is 3.62. The molecule has 0 fully saturated rings. The van der Waals surface area contributed by atoms with E-state index < -0.39 is 0 Å². The highest BCUT2D eigenvalue weighted by molar-refractivity contribution is 5.86. The van der Waals surface area contributed by atoms with Crippen LogP contribution >= 0.6 is 0 Å². The van der Waals surface area contributed by atoms with Gasteiger partial charge < -0.3 is 14.8 Å². The number of rotatable bonds is 6. The molecule has 0 aliphatic rings. The molecule has 3 aromatic carbocycles. The number of hydrogen-bond acceptors (Lipinski definition) is 6. The van der Waals surface area contributed by atoms with E-state index in [4.69, 9.17) is 9.47 Å². The molecule has 2 N–H and O–H groups in total. The summed E-state index contributed by atoms with van der Waals surface area (Å²) in [6.45, 7) is 3.99. The standard InChI is InChI=1S/C26H23N5O2/c1-16-5-4-6-19(13-16)28-26-29-25(30-31-26)18-7-9-20(10-8-18)33-24-14-17(2)27-23-15-21(32-3)11-12-22(23)24/h4-15H,1-3H3,(H2,28,29,30,31). The minimum absolute atomic E-state index is 0.519. The molecule has 0 aliphatic carbocycles. The van der Waals surface area contributed by atoms with Crippen LogP contribution in [0, 0.1) is 13.8 Å². The van der Waals surface area contributed by atoms with Crippen LogP contribution < -0.4 is 14.8 Å². The van der Waals surface area contributed by atoms with E-state index in [-0.39, 0.29) is 0 Å². The van der Waals surface area contributed by atoms with Gasteiger partial charge in [-0.3, -0.25) is 10.1 Å². The normalized spacial score (nSPS) is 10.9. The Morgan fingerprint density at radius 2 is 1.67 bits per heavy atom. The highest BCUT2D eigenvalue weighted by Crippen LogP contribution is 2.32. The smallest absolute Gasteiger partial charge is 0.246 e. The van der Waals surface area contributed by atoms with Gasteiger partial charge in [-0.25, -0.2) is 0 Å². The van der Waals surface area contributed by atoms with Crippen molar-refractivity contribution >= 4 is 22.5 Å². The van der Waals surface area contributed by atoms with E-state index in [0.717, 1.165) is 45.1 Å². The lowest BCUT2D eigenvalue weighted by molar-refractivity contribution is 0.415. The first-order valence-electron chi connectivity index (χ1n) is 10.6. The molecule has 2 aromatic heterocycles. The summed E-state index contributed by atoms with van der Waals surface area (Å²) in [6.07, 6.45) is 0. The number of aryl methyl sites for hydroxylation is 2. The topological polar surface area (TPSA) is 85.0 Å². The van der Waals surface area contributed by atoms with Crippen molar-refractivity contribution in [2.45, 2.75) is 13.8 Å². The fraction of sp³-hybridized carbons (Fsp3) is 0.115. The molecule has 33 heavy (non-hydrogen) atoms. The van der Waals surface area contributed by atoms with Crippen LogP contribution in [-0.4, -0.2) is 27.3 Å². The van der Waals surface area contributed by atoms with Crippen molar-refractivity contribution in [1.29, 1.82) is 0 Å². The van der Waals surface area contributed by atoms with E-state index in [1.807, 2.05) is 86.6 Å². The first-order valence-corrected chi connectivity index (χ1v) is 10.6. The number of aromatic amines is 1. The van der Waals surface area contributed by atoms with Crippen molar-refractivity contribution in [2.24, 2.45) is 0 Å². The minimum atomic E-state index is 0.519. The molecule has 5 aromatic rings. The third-order valence-corrected chi connectivity index (χ3v) is 5.22. The van der Waals surface area contributed by atoms with Crippen molar-refractivity contribution in [1.82, 2.24) is 20.2 Å². The van der Waals surface area contributed by atoms with Crippen LogP contribution in [0.5, 0.6) is 17.2 Å². The quantitative estimate of drug-likeness (QED) is 0.330. The predicted octanol–water partition coefficient (Wildman–Crippen LogP) is 6.18. The average Bonchev–Trinajstić information content (AvgIpc) is 3.27. The molecule has 5 rings (SSSR count). The zero-order valence-corrected chi connectivity index (χ0v) is 18.6. The highest BCUT2D eigenvalue weighted by Gasteiger charge is 2.10. The molecule has 164 valence electrons. The summed E-state index contributed by atoms with van der Waals surface area (Å²) in [7, 11) is 1.64. The maximum absolute atomic E-state index is 6.19. The lowest BCUT2D eigenvalue weighted by atomic mass is 10.1. The monoisotopic (exact) mass is 437 g/mol. The van der Waals surface area contributed by atoms with Gasteiger partial charge in [0.05, 0.1) is 12.6 Å². The van der Waals surface area contributed by atoms with Gasteiger partial charge in [-0.1, -0.05) is 12.1 Å². The Bertz CT molecular complexity index is 1430. The van der Waals surface area contributed by atoms with E-state index in [1.165, 1.54) is 5.56 Å². The summed E-state index contributed by atoms with van der Waals surface area (Å²) in [5.41, 5.74) is 4.73. The Kier molecular flexibility index (Phi) is 5.36. The van der Waals surface area contributed by atoms with Crippen LogP contribution in [0.4, 0.5) is 11.6 Å². The van der Waals surface area contributed by atoms with Crippen molar-refractivity contribution in [3.8, 4) is 28.6 Å². The molecule has 0 unspecified atom stereocenters. The molecule has 0 radical (unpaired) electrons. The number of nitrogens with zero attached hydrogens (tertiary/aromatic N) is 3. The zero-order chi connectivity index (χ0) is 22.8. The molecule has 0 atom stereocenters. The third-order valence-electron chi connectivity index (χ3n) is 5.22. The molecule has 7 nitrogen and oxygen atoms in total. The van der Waals surface area contributed by atoms with Crippen molar-refractivity contribution in [3.05, 3.63) is 84.1 Å². The Morgan fingerprint density at radius 1 is 0.848 bits per heavy atom. The van der Waals surface area contributed by atoms with Crippen molar-refractivity contribution in [2.75, 3.05) is 12.4 Å². The van der Waals surface area contributed by atoms with Crippen LogP contribution in [0.1, 0.15) is 11.3 Å². The van der Waals surface area contributed by atoms with E-state index in [9.17, 15) is 0 Å². The minimum Gasteiger partial charge on any atom is -0.497 e. The number of anilines is 2. The number of fused-ring (bicyclic) bond motifs is 1. The van der Waals surface area contributed by atoms with Gasteiger partial charge >= 0.3 is 0 Å². The van der Waals surface area contributed by atoms with Gasteiger partial charge in [-0.15, -0.1) is 5.10 Å². The van der Waals surface area contributed by atoms with Crippen molar-refractivity contribution < 1.29 is 9.47 Å². The second-order valence-corrected chi connectivity index (χ2v) is 7.77. The largest absolute Gasteiger partial charge is 0.497 e. The Morgan fingerprint density at radius 3 is 2.45 bits per heavy atom. The molecule has 0 amide bonds. The predicted molar refractivity (Wildman–Crippen MR) is 129 cm³/mol. The molecule has 0 aliphatic heterocycles. The van der Waals surface area contributed by atoms with E-state index in [0.29, 0.717) is 11.8 Å². The summed E-state index contributed by atoms with van der Waals surface area (Å²) >= 11 is 0. The average molecular weight is 438 g/mol. The summed E-state index contributed by atoms with van der Waals surface area (Å²) in [5, 5.41) is 11.4. The SMILES string of the molecule is COc1ccc2c(Oc3ccc(-c4nc(Nc5cccc(C)c5)n[nH]4)cc3)cc(C)nc2c1. The van der Waals surface area contributed by atoms with Gasteiger partial charge in [0.2, 0.25) is 5.95 Å². The molecule has 0 spiro atoms. The number of H-pyrrole nitrogens is 1. The third kappa shape index (κ3) is 4.48. The molecule has 0 saturated carbocycles. The maximum Gasteiger partial charge on any atom is 0.246 e. The maximum atomic E-state index is 6.19. The molecule has 0 bridgehead atoms. The summed E-state index contributed by atoms with van der Waals surface area (Å²) in [5.74, 6) is 3.43. The lowest BCUT2D eigenvalue weighted by Crippen LogP contribution is -1.92. The van der Waals surface area contributed by atoms with Crippen LogP contribution in [0.2, 0.25) is 0 Å². The Labute approximate surface area is 191 Å². The lowest BCUT2D eigenvalue weighted by Gasteiger charge is -2.11. The fourth-order valence-corrected chi connectivity index (χ4v) is 3.62. The summed E-state index contributed by atoms with van der Waals surface area (Å²) < 4.78 is 11.5. The summed E-state index contributed by atoms with van der Waals surface area (Å²) in [4.78, 5) is 9.14. The van der Waals surface area contributed by atoms with Crippen LogP contribution in [0.25, 0.3) is 22.3 Å². The van der Waals surface area contributed by atoms with Gasteiger partial charge in [0.15, 0.2) is 5.82 Å². The molecule has 0 saturated heterocycles. The Balaban J connectivity index is 1.35. The first-order chi connectivity index (χ1) is 16.1. The zero-order valence-electron chi connectivity index (χ0n) is 18.6. The number of pyridine rings is 1. The number of aromatic nitrogens is 4. The van der Waals surface area contributed by atoms with Gasteiger partial charge in [-0.2, -0.15) is 4.98 Å². The van der Waals surface area contributed by atoms with Crippen molar-refractivity contribution in [3.63, 3.8) is 0 Å². The van der Waals surface area contributed by atoms with E-state index in [2.05, 4.69) is 25.5 Å². The first kappa shape index (κ1) is 20.5. The Hall–Kier alpha value is -4.39. The van der Waals surface area contributed by atoms with Gasteiger partial charge in [-0.05, 0) is 67.9 Å². The van der Waals surface area contributed by atoms with E-state index in [1.54, 1.807) is 7.11 Å². The van der Waals surface area contributed by atoms with Gasteiger partial charge in [0, 0.05) is 34.5 Å². The number of ether oxygens (including phenoxy) is 2. The number of nitrogens with one attached hydrogen (secondary N) is 2. The number of benzene rings is 3. The second kappa shape index (κ2) is 8.63. The van der Waals surface area contributed by atoms with Crippen LogP contribution in [-0.2, 0) is 0 Å². The van der Waals surface area contributed by atoms with Crippen LogP contribution in [0.3, 0.4) is 0 Å². The number of hydrogen-bond donors (Lipinski definition) is 2. The summed E-state index contributed by atoms with van der Waals surface area (Å²) in [6, 6.07) is 23.5.